The summed E-state index contributed by atoms with van der Waals surface area (Å²) in [5.74, 6) is -0.346. The maximum atomic E-state index is 10.9. The Kier molecular flexibility index (Phi) is 7.77. The van der Waals surface area contributed by atoms with Crippen LogP contribution in [0.3, 0.4) is 0 Å². The molecule has 8 atom stereocenters. The zero-order valence-electron chi connectivity index (χ0n) is 13.1. The third-order valence-corrected chi connectivity index (χ3v) is 3.61. The van der Waals surface area contributed by atoms with Crippen LogP contribution >= 0.6 is 0 Å². The van der Waals surface area contributed by atoms with Gasteiger partial charge in [-0.2, -0.15) is 0 Å². The molecule has 0 radical (unpaired) electrons. The summed E-state index contributed by atoms with van der Waals surface area (Å²) in [6.45, 7) is 2.30. The summed E-state index contributed by atoms with van der Waals surface area (Å²) in [5, 5.41) is 50.8. The number of carbonyl (C=O) groups excluding carboxylic acids is 1. The Morgan fingerprint density at radius 2 is 1.87 bits per heavy atom. The fourth-order valence-corrected chi connectivity index (χ4v) is 2.13. The minimum atomic E-state index is -1.54. The van der Waals surface area contributed by atoms with Gasteiger partial charge in [0.05, 0.1) is 24.9 Å². The van der Waals surface area contributed by atoms with Gasteiger partial charge in [0.2, 0.25) is 5.91 Å². The number of amides is 1. The van der Waals surface area contributed by atoms with Crippen LogP contribution < -0.4 is 11.1 Å². The van der Waals surface area contributed by atoms with Crippen LogP contribution in [0.4, 0.5) is 0 Å². The molecule has 23 heavy (non-hydrogen) atoms. The molecule has 8 N–H and O–H groups in total. The Hall–Kier alpha value is -0.850. The molecule has 1 rings (SSSR count). The molecule has 1 saturated heterocycles. The van der Waals surface area contributed by atoms with E-state index in [1.54, 1.807) is 0 Å². The highest BCUT2D eigenvalue weighted by molar-refractivity contribution is 5.72. The first-order chi connectivity index (χ1) is 10.6. The van der Waals surface area contributed by atoms with Crippen LogP contribution in [-0.2, 0) is 14.3 Å². The molecule has 5 unspecified atom stereocenters. The quantitative estimate of drug-likeness (QED) is 0.244. The maximum absolute atomic E-state index is 10.9. The Labute approximate surface area is 133 Å². The predicted octanol–water partition coefficient (Wildman–Crippen LogP) is -3.98. The Morgan fingerprint density at radius 3 is 2.39 bits per heavy atom. The van der Waals surface area contributed by atoms with Gasteiger partial charge in [-0.25, -0.2) is 0 Å². The molecule has 0 spiro atoms. The van der Waals surface area contributed by atoms with Gasteiger partial charge in [-0.3, -0.25) is 4.79 Å². The van der Waals surface area contributed by atoms with Crippen molar-refractivity contribution in [3.05, 3.63) is 0 Å². The topological polar surface area (TPSA) is 175 Å². The first-order valence-electron chi connectivity index (χ1n) is 7.32. The summed E-state index contributed by atoms with van der Waals surface area (Å²) in [4.78, 5) is 10.9. The third kappa shape index (κ3) is 5.62. The zero-order chi connectivity index (χ0) is 17.7. The van der Waals surface area contributed by atoms with Crippen molar-refractivity contribution < 1.29 is 39.8 Å². The molecule has 1 fully saturated rings. The molecule has 0 bridgehead atoms. The molecule has 0 saturated carbocycles. The predicted molar refractivity (Wildman–Crippen MR) is 77.0 cm³/mol. The van der Waals surface area contributed by atoms with E-state index in [1.165, 1.54) is 13.8 Å². The zero-order valence-corrected chi connectivity index (χ0v) is 13.1. The lowest BCUT2D eigenvalue weighted by molar-refractivity contribution is -0.297. The maximum Gasteiger partial charge on any atom is 0.216 e. The molecule has 0 aromatic carbocycles. The Bertz CT molecular complexity index is 383. The lowest BCUT2D eigenvalue weighted by atomic mass is 9.98. The third-order valence-electron chi connectivity index (χ3n) is 3.61. The summed E-state index contributed by atoms with van der Waals surface area (Å²) < 4.78 is 10.6. The molecule has 10 heteroatoms. The lowest BCUT2D eigenvalue weighted by Gasteiger charge is -2.40. The van der Waals surface area contributed by atoms with Crippen molar-refractivity contribution in [2.45, 2.75) is 62.8 Å². The number of hydrogen-bond acceptors (Lipinski definition) is 9. The summed E-state index contributed by atoms with van der Waals surface area (Å²) in [6, 6.07) is -0.941. The number of hydrogen-bond donors (Lipinski definition) is 7. The standard InChI is InChI=1S/C13H26N2O8/c1-5(16)9(18)7(14)4-22-13-12(21)11(20)10(19)8(23-13)3-15-6(2)17/h5,7-13,16,18-21H,3-4,14H2,1-2H3,(H,15,17)/t5-,7+,8?,9-,10?,11?,12?,13?/m1/s1. The van der Waals surface area contributed by atoms with Crippen LogP contribution in [-0.4, -0.2) is 93.5 Å². The number of ether oxygens (including phenoxy) is 2. The fourth-order valence-electron chi connectivity index (χ4n) is 2.13. The molecular weight excluding hydrogens is 312 g/mol. The van der Waals surface area contributed by atoms with Crippen LogP contribution in [0.15, 0.2) is 0 Å². The van der Waals surface area contributed by atoms with Crippen LogP contribution in [0.2, 0.25) is 0 Å². The smallest absolute Gasteiger partial charge is 0.216 e. The number of aliphatic hydroxyl groups excluding tert-OH is 5. The molecule has 1 aliphatic heterocycles. The number of rotatable bonds is 7. The van der Waals surface area contributed by atoms with E-state index < -0.39 is 49.0 Å². The van der Waals surface area contributed by atoms with E-state index in [-0.39, 0.29) is 19.1 Å². The van der Waals surface area contributed by atoms with E-state index in [4.69, 9.17) is 15.2 Å². The van der Waals surface area contributed by atoms with Gasteiger partial charge < -0.3 is 46.1 Å². The summed E-state index contributed by atoms with van der Waals surface area (Å²) >= 11 is 0. The van der Waals surface area contributed by atoms with Crippen molar-refractivity contribution in [2.24, 2.45) is 5.73 Å². The number of nitrogens with two attached hydrogens (primary N) is 1. The van der Waals surface area contributed by atoms with Gasteiger partial charge >= 0.3 is 0 Å². The average Bonchev–Trinajstić information content (AvgIpc) is 2.49. The van der Waals surface area contributed by atoms with Gasteiger partial charge in [0.15, 0.2) is 6.29 Å². The highest BCUT2D eigenvalue weighted by atomic mass is 16.7. The van der Waals surface area contributed by atoms with Gasteiger partial charge in [0.25, 0.3) is 0 Å². The molecule has 0 aromatic heterocycles. The SMILES string of the molecule is CC(=O)NCC1OC(OC[C@H](N)[C@H](O)[C@@H](C)O)C(O)C(O)C1O. The largest absolute Gasteiger partial charge is 0.391 e. The van der Waals surface area contributed by atoms with E-state index in [2.05, 4.69) is 5.32 Å². The highest BCUT2D eigenvalue weighted by Crippen LogP contribution is 2.22. The van der Waals surface area contributed by atoms with Crippen LogP contribution in [0, 0.1) is 0 Å². The summed E-state index contributed by atoms with van der Waals surface area (Å²) in [5.41, 5.74) is 5.63. The molecule has 0 aliphatic carbocycles. The van der Waals surface area contributed by atoms with E-state index >= 15 is 0 Å². The van der Waals surface area contributed by atoms with Crippen molar-refractivity contribution in [1.29, 1.82) is 0 Å². The molecule has 10 nitrogen and oxygen atoms in total. The minimum Gasteiger partial charge on any atom is -0.391 e. The van der Waals surface area contributed by atoms with Crippen molar-refractivity contribution in [3.63, 3.8) is 0 Å². The van der Waals surface area contributed by atoms with Crippen molar-refractivity contribution in [3.8, 4) is 0 Å². The van der Waals surface area contributed by atoms with E-state index in [1.807, 2.05) is 0 Å². The highest BCUT2D eigenvalue weighted by Gasteiger charge is 2.44. The number of carbonyl (C=O) groups is 1. The van der Waals surface area contributed by atoms with Gasteiger partial charge in [0, 0.05) is 13.5 Å². The van der Waals surface area contributed by atoms with Crippen molar-refractivity contribution in [2.75, 3.05) is 13.2 Å². The van der Waals surface area contributed by atoms with Crippen molar-refractivity contribution in [1.82, 2.24) is 5.32 Å². The second-order valence-corrected chi connectivity index (χ2v) is 5.68. The van der Waals surface area contributed by atoms with E-state index in [0.29, 0.717) is 0 Å². The lowest BCUT2D eigenvalue weighted by Crippen LogP contribution is -2.61. The van der Waals surface area contributed by atoms with Gasteiger partial charge in [-0.1, -0.05) is 0 Å². The Morgan fingerprint density at radius 1 is 1.26 bits per heavy atom. The number of nitrogens with one attached hydrogen (secondary N) is 1. The molecule has 1 amide bonds. The van der Waals surface area contributed by atoms with E-state index in [0.717, 1.165) is 0 Å². The summed E-state index contributed by atoms with van der Waals surface area (Å²) in [7, 11) is 0. The average molecular weight is 338 g/mol. The van der Waals surface area contributed by atoms with Gasteiger partial charge in [-0.05, 0) is 6.92 Å². The van der Waals surface area contributed by atoms with Gasteiger partial charge in [0.1, 0.15) is 24.4 Å². The second kappa shape index (κ2) is 8.85. The van der Waals surface area contributed by atoms with Crippen molar-refractivity contribution >= 4 is 5.91 Å². The molecule has 0 aromatic rings. The molecule has 136 valence electrons. The van der Waals surface area contributed by atoms with E-state index in [9.17, 15) is 30.3 Å². The molecule has 1 heterocycles. The Balaban J connectivity index is 2.60. The second-order valence-electron chi connectivity index (χ2n) is 5.68. The first-order valence-corrected chi connectivity index (χ1v) is 7.32. The van der Waals surface area contributed by atoms with Crippen LogP contribution in [0.1, 0.15) is 13.8 Å². The minimum absolute atomic E-state index is 0.0809. The number of aliphatic hydroxyl groups is 5. The monoisotopic (exact) mass is 338 g/mol. The van der Waals surface area contributed by atoms with Crippen LogP contribution in [0.25, 0.3) is 0 Å². The van der Waals surface area contributed by atoms with Crippen LogP contribution in [0.5, 0.6) is 0 Å². The molecule has 1 aliphatic rings. The normalized spacial score (nSPS) is 35.4. The van der Waals surface area contributed by atoms with Gasteiger partial charge in [-0.15, -0.1) is 0 Å². The molecular formula is C13H26N2O8. The fraction of sp³-hybridized carbons (Fsp3) is 0.923. The summed E-state index contributed by atoms with van der Waals surface area (Å²) in [6.07, 6.45) is -9.07. The first kappa shape index (κ1) is 20.2.